The molecule has 0 bridgehead atoms. The topological polar surface area (TPSA) is 111 Å². The molecule has 3 amide bonds. The molecule has 4 rings (SSSR count). The first-order chi connectivity index (χ1) is 16.0. The Labute approximate surface area is 198 Å². The minimum Gasteiger partial charge on any atom is -0.444 e. The minimum absolute atomic E-state index is 0.00110. The SMILES string of the molecule is CN(Cc1ccc(-n2cc3cccc(C(N)=O)c3n2)cc1)C(=O)C1CN(C(=O)OC(C)(C)C)C1. The third-order valence-electron chi connectivity index (χ3n) is 5.68. The van der Waals surface area contributed by atoms with E-state index in [1.54, 1.807) is 33.7 Å². The lowest BCUT2D eigenvalue weighted by molar-refractivity contribution is -0.139. The van der Waals surface area contributed by atoms with Crippen LogP contribution >= 0.6 is 0 Å². The van der Waals surface area contributed by atoms with Crippen LogP contribution in [-0.4, -0.2) is 63.2 Å². The number of benzene rings is 2. The van der Waals surface area contributed by atoms with Gasteiger partial charge in [0, 0.05) is 38.3 Å². The van der Waals surface area contributed by atoms with Crippen LogP contribution in [0, 0.1) is 5.92 Å². The number of carbonyl (C=O) groups excluding carboxylic acids is 3. The fourth-order valence-electron chi connectivity index (χ4n) is 3.90. The Balaban J connectivity index is 1.36. The molecule has 9 heteroatoms. The lowest BCUT2D eigenvalue weighted by Gasteiger charge is -2.40. The van der Waals surface area contributed by atoms with Crippen LogP contribution in [0.25, 0.3) is 16.6 Å². The first kappa shape index (κ1) is 23.3. The Morgan fingerprint density at radius 2 is 1.79 bits per heavy atom. The summed E-state index contributed by atoms with van der Waals surface area (Å²) in [5, 5.41) is 5.34. The molecule has 0 radical (unpaired) electrons. The number of nitrogens with two attached hydrogens (primary N) is 1. The van der Waals surface area contributed by atoms with Gasteiger partial charge in [-0.15, -0.1) is 0 Å². The first-order valence-corrected chi connectivity index (χ1v) is 11.1. The number of nitrogens with zero attached hydrogens (tertiary/aromatic N) is 4. The number of hydrogen-bond donors (Lipinski definition) is 1. The molecule has 1 fully saturated rings. The molecule has 0 saturated carbocycles. The molecule has 1 aliphatic rings. The van der Waals surface area contributed by atoms with Crippen LogP contribution < -0.4 is 5.73 Å². The van der Waals surface area contributed by atoms with Gasteiger partial charge < -0.3 is 20.3 Å². The van der Waals surface area contributed by atoms with Crippen LogP contribution in [0.3, 0.4) is 0 Å². The third kappa shape index (κ3) is 4.88. The zero-order valence-electron chi connectivity index (χ0n) is 19.8. The molecule has 34 heavy (non-hydrogen) atoms. The van der Waals surface area contributed by atoms with Gasteiger partial charge in [0.2, 0.25) is 5.91 Å². The van der Waals surface area contributed by atoms with Crippen LogP contribution in [0.15, 0.2) is 48.7 Å². The summed E-state index contributed by atoms with van der Waals surface area (Å²) in [6.45, 7) is 6.65. The highest BCUT2D eigenvalue weighted by molar-refractivity contribution is 6.04. The monoisotopic (exact) mass is 463 g/mol. The molecule has 9 nitrogen and oxygen atoms in total. The summed E-state index contributed by atoms with van der Waals surface area (Å²) >= 11 is 0. The highest BCUT2D eigenvalue weighted by Gasteiger charge is 2.39. The molecular weight excluding hydrogens is 434 g/mol. The second kappa shape index (κ2) is 8.81. The zero-order chi connectivity index (χ0) is 24.6. The van der Waals surface area contributed by atoms with Gasteiger partial charge in [0.25, 0.3) is 5.91 Å². The van der Waals surface area contributed by atoms with E-state index >= 15 is 0 Å². The first-order valence-electron chi connectivity index (χ1n) is 11.1. The van der Waals surface area contributed by atoms with Crippen molar-refractivity contribution < 1.29 is 19.1 Å². The number of amides is 3. The second-order valence-corrected chi connectivity index (χ2v) is 9.62. The van der Waals surface area contributed by atoms with Gasteiger partial charge in [0.1, 0.15) is 11.1 Å². The van der Waals surface area contributed by atoms with E-state index in [0.717, 1.165) is 16.6 Å². The Kier molecular flexibility index (Phi) is 6.03. The number of ether oxygens (including phenoxy) is 1. The summed E-state index contributed by atoms with van der Waals surface area (Å²) in [6, 6.07) is 13.0. The van der Waals surface area contributed by atoms with Crippen molar-refractivity contribution in [1.29, 1.82) is 0 Å². The molecule has 0 unspecified atom stereocenters. The molecule has 0 spiro atoms. The van der Waals surface area contributed by atoms with Crippen LogP contribution in [0.2, 0.25) is 0 Å². The van der Waals surface area contributed by atoms with Gasteiger partial charge in [-0.05, 0) is 44.5 Å². The number of rotatable bonds is 5. The van der Waals surface area contributed by atoms with Gasteiger partial charge in [-0.3, -0.25) is 9.59 Å². The lowest BCUT2D eigenvalue weighted by Crippen LogP contribution is -2.56. The van der Waals surface area contributed by atoms with Crippen LogP contribution in [-0.2, 0) is 16.1 Å². The average Bonchev–Trinajstić information content (AvgIpc) is 3.15. The van der Waals surface area contributed by atoms with Crippen molar-refractivity contribution in [2.75, 3.05) is 20.1 Å². The fourth-order valence-corrected chi connectivity index (χ4v) is 3.90. The Hall–Kier alpha value is -3.88. The van der Waals surface area contributed by atoms with Crippen molar-refractivity contribution >= 4 is 28.8 Å². The van der Waals surface area contributed by atoms with Crippen molar-refractivity contribution in [2.24, 2.45) is 11.7 Å². The van der Waals surface area contributed by atoms with Gasteiger partial charge in [0.05, 0.1) is 17.2 Å². The molecular formula is C25H29N5O4. The molecule has 178 valence electrons. The van der Waals surface area contributed by atoms with E-state index in [9.17, 15) is 14.4 Å². The smallest absolute Gasteiger partial charge is 0.410 e. The van der Waals surface area contributed by atoms with Crippen molar-refractivity contribution in [3.05, 3.63) is 59.8 Å². The number of primary amides is 1. The Bertz CT molecular complexity index is 1240. The van der Waals surface area contributed by atoms with Gasteiger partial charge in [-0.1, -0.05) is 24.3 Å². The van der Waals surface area contributed by atoms with Gasteiger partial charge in [-0.25, -0.2) is 9.48 Å². The molecule has 0 aliphatic carbocycles. The average molecular weight is 464 g/mol. The van der Waals surface area contributed by atoms with Crippen LogP contribution in [0.5, 0.6) is 0 Å². The fraction of sp³-hybridized carbons (Fsp3) is 0.360. The largest absolute Gasteiger partial charge is 0.444 e. The maximum absolute atomic E-state index is 12.8. The van der Waals surface area contributed by atoms with E-state index in [-0.39, 0.29) is 17.9 Å². The van der Waals surface area contributed by atoms with Crippen LogP contribution in [0.1, 0.15) is 36.7 Å². The summed E-state index contributed by atoms with van der Waals surface area (Å²) in [5.74, 6) is -0.728. The van der Waals surface area contributed by atoms with E-state index in [1.165, 1.54) is 0 Å². The van der Waals surface area contributed by atoms with Gasteiger partial charge >= 0.3 is 6.09 Å². The minimum atomic E-state index is -0.553. The highest BCUT2D eigenvalue weighted by atomic mass is 16.6. The quantitative estimate of drug-likeness (QED) is 0.625. The predicted octanol–water partition coefficient (Wildman–Crippen LogP) is 2.95. The number of aromatic nitrogens is 2. The van der Waals surface area contributed by atoms with Gasteiger partial charge in [0.15, 0.2) is 0 Å². The predicted molar refractivity (Wildman–Crippen MR) is 127 cm³/mol. The molecule has 2 heterocycles. The van der Waals surface area contributed by atoms with E-state index in [1.807, 2.05) is 57.3 Å². The molecule has 1 aromatic heterocycles. The van der Waals surface area contributed by atoms with Crippen LogP contribution in [0.4, 0.5) is 4.79 Å². The van der Waals surface area contributed by atoms with Crippen molar-refractivity contribution in [2.45, 2.75) is 32.9 Å². The Morgan fingerprint density at radius 1 is 1.12 bits per heavy atom. The zero-order valence-corrected chi connectivity index (χ0v) is 19.8. The third-order valence-corrected chi connectivity index (χ3v) is 5.68. The lowest BCUT2D eigenvalue weighted by atomic mass is 9.99. The van der Waals surface area contributed by atoms with Crippen molar-refractivity contribution in [3.63, 3.8) is 0 Å². The molecule has 1 aliphatic heterocycles. The van der Waals surface area contributed by atoms with E-state index in [4.69, 9.17) is 10.5 Å². The summed E-state index contributed by atoms with van der Waals surface area (Å²) < 4.78 is 7.05. The number of likely N-dealkylation sites (tertiary alicyclic amines) is 1. The normalized spacial score (nSPS) is 14.1. The van der Waals surface area contributed by atoms with E-state index in [0.29, 0.717) is 30.7 Å². The number of fused-ring (bicyclic) bond motifs is 1. The van der Waals surface area contributed by atoms with Crippen molar-refractivity contribution in [3.8, 4) is 5.69 Å². The molecule has 0 atom stereocenters. The van der Waals surface area contributed by atoms with E-state index < -0.39 is 11.5 Å². The summed E-state index contributed by atoms with van der Waals surface area (Å²) in [4.78, 5) is 39.7. The number of carbonyl (C=O) groups is 3. The molecule has 3 aromatic rings. The maximum atomic E-state index is 12.8. The van der Waals surface area contributed by atoms with Crippen molar-refractivity contribution in [1.82, 2.24) is 19.6 Å². The summed E-state index contributed by atoms with van der Waals surface area (Å²) in [7, 11) is 1.76. The molecule has 2 N–H and O–H groups in total. The van der Waals surface area contributed by atoms with E-state index in [2.05, 4.69) is 5.10 Å². The summed E-state index contributed by atoms with van der Waals surface area (Å²) in [6.07, 6.45) is 1.46. The Morgan fingerprint density at radius 3 is 2.41 bits per heavy atom. The second-order valence-electron chi connectivity index (χ2n) is 9.62. The summed E-state index contributed by atoms with van der Waals surface area (Å²) in [5.41, 5.74) is 7.64. The van der Waals surface area contributed by atoms with Gasteiger partial charge in [-0.2, -0.15) is 5.10 Å². The highest BCUT2D eigenvalue weighted by Crippen LogP contribution is 2.23. The molecule has 1 saturated heterocycles. The number of hydrogen-bond acceptors (Lipinski definition) is 5. The standard InChI is InChI=1S/C25H29N5O4/c1-25(2,3)34-24(33)29-13-18(14-29)23(32)28(4)12-16-8-10-19(11-9-16)30-15-17-6-5-7-20(22(26)31)21(17)27-30/h5-11,15,18H,12-14H2,1-4H3,(H2,26,31). The maximum Gasteiger partial charge on any atom is 0.410 e. The molecule has 2 aromatic carbocycles.